The van der Waals surface area contributed by atoms with Gasteiger partial charge in [0.1, 0.15) is 5.82 Å². The van der Waals surface area contributed by atoms with Gasteiger partial charge in [0.15, 0.2) is 0 Å². The quantitative estimate of drug-likeness (QED) is 0.632. The molecule has 1 heterocycles. The zero-order valence-electron chi connectivity index (χ0n) is 16.7. The SMILES string of the molecule is Cc1ccc2c(c1)nc(C)n2C1CCC(NC2Cc3ccc(Cl)cc3C2)CC1. The lowest BCUT2D eigenvalue weighted by Gasteiger charge is -2.32. The molecule has 0 saturated heterocycles. The van der Waals surface area contributed by atoms with E-state index in [0.29, 0.717) is 18.1 Å². The number of hydrogen-bond donors (Lipinski definition) is 1. The number of hydrogen-bond acceptors (Lipinski definition) is 2. The third-order valence-electron chi connectivity index (χ3n) is 6.66. The summed E-state index contributed by atoms with van der Waals surface area (Å²) in [5, 5.41) is 4.80. The first-order chi connectivity index (χ1) is 13.6. The Kier molecular flexibility index (Phi) is 4.68. The maximum absolute atomic E-state index is 6.16. The number of aryl methyl sites for hydroxylation is 2. The first-order valence-electron chi connectivity index (χ1n) is 10.6. The molecular weight excluding hydrogens is 366 g/mol. The van der Waals surface area contributed by atoms with Gasteiger partial charge in [-0.2, -0.15) is 0 Å². The van der Waals surface area contributed by atoms with Crippen LogP contribution < -0.4 is 5.32 Å². The zero-order valence-corrected chi connectivity index (χ0v) is 17.5. The van der Waals surface area contributed by atoms with E-state index >= 15 is 0 Å². The lowest BCUT2D eigenvalue weighted by atomic mass is 9.90. The van der Waals surface area contributed by atoms with Gasteiger partial charge in [-0.05, 0) is 93.3 Å². The van der Waals surface area contributed by atoms with Crippen molar-refractivity contribution in [3.8, 4) is 0 Å². The van der Waals surface area contributed by atoms with Crippen molar-refractivity contribution in [2.75, 3.05) is 0 Å². The molecular formula is C24H28ClN3. The Balaban J connectivity index is 1.23. The minimum atomic E-state index is 0.564. The van der Waals surface area contributed by atoms with Crippen molar-refractivity contribution in [3.63, 3.8) is 0 Å². The summed E-state index contributed by atoms with van der Waals surface area (Å²) in [4.78, 5) is 4.82. The molecule has 0 spiro atoms. The number of rotatable bonds is 3. The highest BCUT2D eigenvalue weighted by Crippen LogP contribution is 2.34. The fourth-order valence-electron chi connectivity index (χ4n) is 5.33. The number of nitrogens with zero attached hydrogens (tertiary/aromatic N) is 2. The van der Waals surface area contributed by atoms with Crippen LogP contribution in [0.4, 0.5) is 0 Å². The van der Waals surface area contributed by atoms with Crippen molar-refractivity contribution < 1.29 is 0 Å². The van der Waals surface area contributed by atoms with Gasteiger partial charge in [-0.1, -0.05) is 23.7 Å². The summed E-state index contributed by atoms with van der Waals surface area (Å²) in [6.07, 6.45) is 7.18. The smallest absolute Gasteiger partial charge is 0.106 e. The molecule has 1 aromatic heterocycles. The summed E-state index contributed by atoms with van der Waals surface area (Å²) in [5.41, 5.74) is 6.60. The monoisotopic (exact) mass is 393 g/mol. The number of aromatic nitrogens is 2. The maximum Gasteiger partial charge on any atom is 0.106 e. The molecule has 2 aromatic carbocycles. The molecule has 2 aliphatic carbocycles. The summed E-state index contributed by atoms with van der Waals surface area (Å²) in [7, 11) is 0. The number of nitrogens with one attached hydrogen (secondary N) is 1. The fraction of sp³-hybridized carbons (Fsp3) is 0.458. The summed E-state index contributed by atoms with van der Waals surface area (Å²) in [6.45, 7) is 4.29. The summed E-state index contributed by atoms with van der Waals surface area (Å²) < 4.78 is 2.48. The van der Waals surface area contributed by atoms with Crippen LogP contribution in [0.3, 0.4) is 0 Å². The normalized spacial score (nSPS) is 24.6. The van der Waals surface area contributed by atoms with Crippen molar-refractivity contribution >= 4 is 22.6 Å². The Morgan fingerprint density at radius 1 is 0.929 bits per heavy atom. The molecule has 4 heteroatoms. The summed E-state index contributed by atoms with van der Waals surface area (Å²) in [6, 6.07) is 14.8. The molecule has 1 atom stereocenters. The fourth-order valence-corrected chi connectivity index (χ4v) is 5.52. The first-order valence-corrected chi connectivity index (χ1v) is 10.9. The molecule has 1 saturated carbocycles. The molecule has 146 valence electrons. The second-order valence-corrected chi connectivity index (χ2v) is 9.15. The molecule has 5 rings (SSSR count). The molecule has 0 bridgehead atoms. The van der Waals surface area contributed by atoms with Gasteiger partial charge < -0.3 is 9.88 Å². The summed E-state index contributed by atoms with van der Waals surface area (Å²) in [5.74, 6) is 1.15. The van der Waals surface area contributed by atoms with Crippen LogP contribution in [0.25, 0.3) is 11.0 Å². The van der Waals surface area contributed by atoms with E-state index in [4.69, 9.17) is 16.6 Å². The summed E-state index contributed by atoms with van der Waals surface area (Å²) >= 11 is 6.16. The van der Waals surface area contributed by atoms with Crippen molar-refractivity contribution in [2.45, 2.75) is 70.5 Å². The van der Waals surface area contributed by atoms with Crippen molar-refractivity contribution in [1.29, 1.82) is 0 Å². The molecule has 0 aliphatic heterocycles. The zero-order chi connectivity index (χ0) is 19.3. The largest absolute Gasteiger partial charge is 0.325 e. The van der Waals surface area contributed by atoms with Crippen molar-refractivity contribution in [2.24, 2.45) is 0 Å². The van der Waals surface area contributed by atoms with Crippen molar-refractivity contribution in [3.05, 3.63) is 63.9 Å². The van der Waals surface area contributed by atoms with Crippen molar-refractivity contribution in [1.82, 2.24) is 14.9 Å². The van der Waals surface area contributed by atoms with Gasteiger partial charge in [0.05, 0.1) is 11.0 Å². The van der Waals surface area contributed by atoms with Gasteiger partial charge in [0, 0.05) is 23.1 Å². The van der Waals surface area contributed by atoms with E-state index in [9.17, 15) is 0 Å². The van der Waals surface area contributed by atoms with Crippen LogP contribution in [-0.2, 0) is 12.8 Å². The highest BCUT2D eigenvalue weighted by Gasteiger charge is 2.28. The van der Waals surface area contributed by atoms with Gasteiger partial charge in [0.2, 0.25) is 0 Å². The third-order valence-corrected chi connectivity index (χ3v) is 6.89. The Hall–Kier alpha value is -1.84. The van der Waals surface area contributed by atoms with Gasteiger partial charge in [-0.3, -0.25) is 0 Å². The lowest BCUT2D eigenvalue weighted by molar-refractivity contribution is 0.276. The maximum atomic E-state index is 6.16. The van der Waals surface area contributed by atoms with E-state index in [0.717, 1.165) is 29.2 Å². The average molecular weight is 394 g/mol. The Morgan fingerprint density at radius 2 is 1.71 bits per heavy atom. The van der Waals surface area contributed by atoms with Gasteiger partial charge >= 0.3 is 0 Å². The van der Waals surface area contributed by atoms with E-state index in [2.05, 4.69) is 54.1 Å². The lowest BCUT2D eigenvalue weighted by Crippen LogP contribution is -2.41. The van der Waals surface area contributed by atoms with E-state index in [1.807, 2.05) is 6.07 Å². The van der Waals surface area contributed by atoms with E-state index in [-0.39, 0.29) is 0 Å². The van der Waals surface area contributed by atoms with Crippen LogP contribution in [0.2, 0.25) is 5.02 Å². The highest BCUT2D eigenvalue weighted by molar-refractivity contribution is 6.30. The molecule has 1 N–H and O–H groups in total. The predicted octanol–water partition coefficient (Wildman–Crippen LogP) is 5.55. The number of imidazole rings is 1. The number of benzene rings is 2. The van der Waals surface area contributed by atoms with Gasteiger partial charge in [0.25, 0.3) is 0 Å². The molecule has 2 aliphatic rings. The second kappa shape index (κ2) is 7.20. The van der Waals surface area contributed by atoms with Crippen LogP contribution in [0.1, 0.15) is 54.2 Å². The minimum Gasteiger partial charge on any atom is -0.325 e. The molecule has 0 amide bonds. The van der Waals surface area contributed by atoms with Crippen LogP contribution in [0.5, 0.6) is 0 Å². The topological polar surface area (TPSA) is 29.9 Å². The Labute approximate surface area is 172 Å². The Bertz CT molecular complexity index is 1010. The molecule has 3 aromatic rings. The number of halogens is 1. The van der Waals surface area contributed by atoms with Gasteiger partial charge in [-0.25, -0.2) is 4.98 Å². The van der Waals surface area contributed by atoms with Crippen LogP contribution in [0, 0.1) is 13.8 Å². The molecule has 28 heavy (non-hydrogen) atoms. The van der Waals surface area contributed by atoms with Crippen LogP contribution in [0.15, 0.2) is 36.4 Å². The number of fused-ring (bicyclic) bond motifs is 2. The first kappa shape index (κ1) is 18.2. The molecule has 1 fully saturated rings. The highest BCUT2D eigenvalue weighted by atomic mass is 35.5. The standard InChI is InChI=1S/C24H28ClN3/c1-15-3-10-24-23(11-15)26-16(2)28(24)22-8-6-20(7-9-22)27-21-13-17-4-5-19(25)12-18(17)14-21/h3-5,10-12,20-22,27H,6-9,13-14H2,1-2H3. The Morgan fingerprint density at radius 3 is 2.54 bits per heavy atom. The second-order valence-electron chi connectivity index (χ2n) is 8.71. The minimum absolute atomic E-state index is 0.564. The predicted molar refractivity (Wildman–Crippen MR) is 116 cm³/mol. The van der Waals surface area contributed by atoms with E-state index in [1.165, 1.54) is 47.9 Å². The third kappa shape index (κ3) is 3.35. The van der Waals surface area contributed by atoms with Gasteiger partial charge in [-0.15, -0.1) is 0 Å². The van der Waals surface area contributed by atoms with Crippen LogP contribution in [-0.4, -0.2) is 21.6 Å². The van der Waals surface area contributed by atoms with E-state index in [1.54, 1.807) is 0 Å². The van der Waals surface area contributed by atoms with E-state index < -0.39 is 0 Å². The van der Waals surface area contributed by atoms with Crippen LogP contribution >= 0.6 is 11.6 Å². The molecule has 0 radical (unpaired) electrons. The molecule has 3 nitrogen and oxygen atoms in total. The average Bonchev–Trinajstić information content (AvgIpc) is 3.21. The molecule has 1 unspecified atom stereocenters.